The largest absolute Gasteiger partial charge is 0.313 e. The third-order valence-electron chi connectivity index (χ3n) is 4.71. The van der Waals surface area contributed by atoms with Gasteiger partial charge in [0.25, 0.3) is 0 Å². The molecule has 20 heavy (non-hydrogen) atoms. The van der Waals surface area contributed by atoms with E-state index in [-0.39, 0.29) is 0 Å². The Labute approximate surface area is 123 Å². The van der Waals surface area contributed by atoms with Gasteiger partial charge in [-0.25, -0.2) is 0 Å². The molecule has 2 nitrogen and oxygen atoms in total. The zero-order valence-corrected chi connectivity index (χ0v) is 12.9. The van der Waals surface area contributed by atoms with Gasteiger partial charge in [0.15, 0.2) is 0 Å². The molecule has 2 fully saturated rings. The van der Waals surface area contributed by atoms with Gasteiger partial charge in [0, 0.05) is 25.2 Å². The van der Waals surface area contributed by atoms with Gasteiger partial charge >= 0.3 is 0 Å². The van der Waals surface area contributed by atoms with Gasteiger partial charge < -0.3 is 5.32 Å². The van der Waals surface area contributed by atoms with Crippen LogP contribution in [0.2, 0.25) is 0 Å². The van der Waals surface area contributed by atoms with E-state index < -0.39 is 0 Å². The average molecular weight is 272 g/mol. The van der Waals surface area contributed by atoms with E-state index in [1.54, 1.807) is 0 Å². The molecule has 1 saturated heterocycles. The van der Waals surface area contributed by atoms with E-state index in [4.69, 9.17) is 0 Å². The molecule has 2 heteroatoms. The van der Waals surface area contributed by atoms with Gasteiger partial charge in [-0.1, -0.05) is 38.1 Å². The summed E-state index contributed by atoms with van der Waals surface area (Å²) < 4.78 is 0. The Balaban J connectivity index is 1.60. The van der Waals surface area contributed by atoms with Crippen LogP contribution >= 0.6 is 0 Å². The van der Waals surface area contributed by atoms with E-state index in [0.717, 1.165) is 18.6 Å². The Morgan fingerprint density at radius 1 is 1.15 bits per heavy atom. The van der Waals surface area contributed by atoms with Crippen molar-refractivity contribution < 1.29 is 0 Å². The molecule has 0 spiro atoms. The van der Waals surface area contributed by atoms with Crippen LogP contribution in [0.4, 0.5) is 0 Å². The zero-order valence-electron chi connectivity index (χ0n) is 12.9. The normalized spacial score (nSPS) is 22.9. The number of nitrogens with zero attached hydrogens (tertiary/aromatic N) is 1. The Bertz CT molecular complexity index is 414. The van der Waals surface area contributed by atoms with E-state index in [1.165, 1.54) is 49.9 Å². The van der Waals surface area contributed by atoms with Gasteiger partial charge in [-0.05, 0) is 49.3 Å². The lowest BCUT2D eigenvalue weighted by Crippen LogP contribution is -2.38. The standard InChI is InChI=1S/C18H28N2/c1-14(2)16-7-5-15(6-8-16)12-20(18-9-10-18)13-17-4-3-11-19-17/h5-8,14,17-19H,3-4,9-13H2,1-2H3. The third-order valence-corrected chi connectivity index (χ3v) is 4.71. The second-order valence-corrected chi connectivity index (χ2v) is 6.85. The molecule has 110 valence electrons. The molecule has 1 unspecified atom stereocenters. The van der Waals surface area contributed by atoms with Crippen molar-refractivity contribution in [3.8, 4) is 0 Å². The fourth-order valence-corrected chi connectivity index (χ4v) is 3.22. The number of benzene rings is 1. The summed E-state index contributed by atoms with van der Waals surface area (Å²) in [5, 5.41) is 3.64. The van der Waals surface area contributed by atoms with E-state index in [0.29, 0.717) is 5.92 Å². The van der Waals surface area contributed by atoms with Crippen LogP contribution < -0.4 is 5.32 Å². The number of nitrogens with one attached hydrogen (secondary N) is 1. The molecule has 1 aromatic carbocycles. The van der Waals surface area contributed by atoms with Crippen molar-refractivity contribution >= 4 is 0 Å². The van der Waals surface area contributed by atoms with Crippen LogP contribution in [0.25, 0.3) is 0 Å². The number of hydrogen-bond acceptors (Lipinski definition) is 2. The maximum atomic E-state index is 3.64. The topological polar surface area (TPSA) is 15.3 Å². The predicted octanol–water partition coefficient (Wildman–Crippen LogP) is 3.53. The molecule has 0 bridgehead atoms. The highest BCUT2D eigenvalue weighted by Gasteiger charge is 2.31. The highest BCUT2D eigenvalue weighted by atomic mass is 15.2. The summed E-state index contributed by atoms with van der Waals surface area (Å²) in [5.41, 5.74) is 2.92. The first kappa shape index (κ1) is 14.1. The zero-order chi connectivity index (χ0) is 13.9. The van der Waals surface area contributed by atoms with Crippen LogP contribution in [0, 0.1) is 0 Å². The van der Waals surface area contributed by atoms with Gasteiger partial charge in [-0.15, -0.1) is 0 Å². The van der Waals surface area contributed by atoms with Crippen LogP contribution in [-0.2, 0) is 6.54 Å². The molecule has 1 atom stereocenters. The number of hydrogen-bond donors (Lipinski definition) is 1. The highest BCUT2D eigenvalue weighted by molar-refractivity contribution is 5.24. The summed E-state index contributed by atoms with van der Waals surface area (Å²) in [6, 6.07) is 10.8. The fourth-order valence-electron chi connectivity index (χ4n) is 3.22. The van der Waals surface area contributed by atoms with Gasteiger partial charge in [0.2, 0.25) is 0 Å². The quantitative estimate of drug-likeness (QED) is 0.852. The molecular formula is C18H28N2. The molecule has 0 aromatic heterocycles. The first-order valence-electron chi connectivity index (χ1n) is 8.28. The highest BCUT2D eigenvalue weighted by Crippen LogP contribution is 2.29. The minimum Gasteiger partial charge on any atom is -0.313 e. The SMILES string of the molecule is CC(C)c1ccc(CN(CC2CCCN2)C2CC2)cc1. The monoisotopic (exact) mass is 272 g/mol. The summed E-state index contributed by atoms with van der Waals surface area (Å²) >= 11 is 0. The Hall–Kier alpha value is -0.860. The predicted molar refractivity (Wildman–Crippen MR) is 85.0 cm³/mol. The molecule has 1 aliphatic carbocycles. The first-order valence-corrected chi connectivity index (χ1v) is 8.28. The summed E-state index contributed by atoms with van der Waals surface area (Å²) in [4.78, 5) is 2.70. The third kappa shape index (κ3) is 3.62. The maximum Gasteiger partial charge on any atom is 0.0237 e. The van der Waals surface area contributed by atoms with Crippen molar-refractivity contribution in [2.24, 2.45) is 0 Å². The molecule has 3 rings (SSSR count). The van der Waals surface area contributed by atoms with Crippen molar-refractivity contribution in [2.75, 3.05) is 13.1 Å². The summed E-state index contributed by atoms with van der Waals surface area (Å²) in [5.74, 6) is 0.631. The van der Waals surface area contributed by atoms with Crippen LogP contribution in [-0.4, -0.2) is 30.1 Å². The van der Waals surface area contributed by atoms with Crippen molar-refractivity contribution in [3.05, 3.63) is 35.4 Å². The summed E-state index contributed by atoms with van der Waals surface area (Å²) in [6.07, 6.45) is 5.51. The molecule has 1 aromatic rings. The van der Waals surface area contributed by atoms with Crippen LogP contribution in [0.1, 0.15) is 56.6 Å². The van der Waals surface area contributed by atoms with Gasteiger partial charge in [-0.2, -0.15) is 0 Å². The summed E-state index contributed by atoms with van der Waals surface area (Å²) in [7, 11) is 0. The minimum atomic E-state index is 0.631. The van der Waals surface area contributed by atoms with Crippen LogP contribution in [0.15, 0.2) is 24.3 Å². The lowest BCUT2D eigenvalue weighted by Gasteiger charge is -2.25. The maximum absolute atomic E-state index is 3.64. The second kappa shape index (κ2) is 6.28. The van der Waals surface area contributed by atoms with Crippen LogP contribution in [0.3, 0.4) is 0 Å². The molecule has 0 radical (unpaired) electrons. The smallest absolute Gasteiger partial charge is 0.0237 e. The second-order valence-electron chi connectivity index (χ2n) is 6.85. The molecular weight excluding hydrogens is 244 g/mol. The van der Waals surface area contributed by atoms with Gasteiger partial charge in [0.05, 0.1) is 0 Å². The Morgan fingerprint density at radius 3 is 2.45 bits per heavy atom. The molecule has 0 amide bonds. The molecule has 1 saturated carbocycles. The first-order chi connectivity index (χ1) is 9.72. The number of rotatable bonds is 6. The Kier molecular flexibility index (Phi) is 4.42. The van der Waals surface area contributed by atoms with Crippen LogP contribution in [0.5, 0.6) is 0 Å². The van der Waals surface area contributed by atoms with Crippen molar-refractivity contribution in [3.63, 3.8) is 0 Å². The summed E-state index contributed by atoms with van der Waals surface area (Å²) in [6.45, 7) is 8.10. The van der Waals surface area contributed by atoms with E-state index in [9.17, 15) is 0 Å². The van der Waals surface area contributed by atoms with Crippen molar-refractivity contribution in [1.82, 2.24) is 10.2 Å². The molecule has 1 N–H and O–H groups in total. The lowest BCUT2D eigenvalue weighted by atomic mass is 10.0. The van der Waals surface area contributed by atoms with Gasteiger partial charge in [-0.3, -0.25) is 4.90 Å². The van der Waals surface area contributed by atoms with Crippen molar-refractivity contribution in [1.29, 1.82) is 0 Å². The van der Waals surface area contributed by atoms with Gasteiger partial charge in [0.1, 0.15) is 0 Å². The molecule has 1 aliphatic heterocycles. The molecule has 1 heterocycles. The Morgan fingerprint density at radius 2 is 1.90 bits per heavy atom. The van der Waals surface area contributed by atoms with E-state index in [1.807, 2.05) is 0 Å². The average Bonchev–Trinajstić information content (AvgIpc) is 3.17. The molecule has 2 aliphatic rings. The van der Waals surface area contributed by atoms with E-state index in [2.05, 4.69) is 48.3 Å². The fraction of sp³-hybridized carbons (Fsp3) is 0.667. The van der Waals surface area contributed by atoms with Crippen molar-refractivity contribution in [2.45, 2.75) is 64.1 Å². The lowest BCUT2D eigenvalue weighted by molar-refractivity contribution is 0.231. The van der Waals surface area contributed by atoms with E-state index >= 15 is 0 Å². The minimum absolute atomic E-state index is 0.631.